The number of hydrogen-bond acceptors (Lipinski definition) is 3. The van der Waals surface area contributed by atoms with Crippen LogP contribution in [0.3, 0.4) is 0 Å². The van der Waals surface area contributed by atoms with Crippen molar-refractivity contribution in [2.75, 3.05) is 5.06 Å². The lowest BCUT2D eigenvalue weighted by Crippen LogP contribution is -1.94. The molecule has 17 heavy (non-hydrogen) atoms. The van der Waals surface area contributed by atoms with Crippen LogP contribution < -0.4 is 9.59 Å². The molecule has 1 aliphatic rings. The predicted molar refractivity (Wildman–Crippen MR) is 69.5 cm³/mol. The van der Waals surface area contributed by atoms with Crippen molar-refractivity contribution in [1.82, 2.24) is 0 Å². The normalized spacial score (nSPS) is 17.9. The smallest absolute Gasteiger partial charge is 0.210 e. The Hall–Kier alpha value is -1.57. The average molecular weight is 245 g/mol. The summed E-state index contributed by atoms with van der Waals surface area (Å²) in [6.45, 7) is 0. The molecule has 0 aromatic heterocycles. The van der Waals surface area contributed by atoms with Crippen molar-refractivity contribution in [1.29, 1.82) is 0 Å². The van der Waals surface area contributed by atoms with E-state index in [1.54, 1.807) is 0 Å². The van der Waals surface area contributed by atoms with Crippen LogP contribution in [0.25, 0.3) is 0 Å². The van der Waals surface area contributed by atoms with Gasteiger partial charge in [0.1, 0.15) is 5.75 Å². The van der Waals surface area contributed by atoms with Gasteiger partial charge < -0.3 is 4.52 Å². The molecule has 3 rings (SSSR count). The highest BCUT2D eigenvalue weighted by Gasteiger charge is 2.40. The van der Waals surface area contributed by atoms with Gasteiger partial charge in [-0.1, -0.05) is 36.4 Å². The molecule has 2 unspecified atom stereocenters. The van der Waals surface area contributed by atoms with Crippen LogP contribution in [0, 0.1) is 0 Å². The zero-order valence-corrected chi connectivity index (χ0v) is 10.3. The highest BCUT2D eigenvalue weighted by molar-refractivity contribution is 7.10. The molecule has 0 aliphatic carbocycles. The maximum Gasteiger partial charge on any atom is 0.210 e. The molecule has 2 atom stereocenters. The van der Waals surface area contributed by atoms with E-state index >= 15 is 0 Å². The fourth-order valence-electron chi connectivity index (χ4n) is 1.83. The van der Waals surface area contributed by atoms with E-state index in [1.807, 2.05) is 59.7 Å². The minimum atomic E-state index is -0.0471. The number of para-hydroxylation sites is 2. The Labute approximate surface area is 102 Å². The van der Waals surface area contributed by atoms with E-state index in [4.69, 9.17) is 9.36 Å². The number of hydrogen-bond donors (Lipinski definition) is 0. The van der Waals surface area contributed by atoms with Gasteiger partial charge in [-0.15, -0.1) is 0 Å². The lowest BCUT2D eigenvalue weighted by Gasteiger charge is -2.04. The quantitative estimate of drug-likeness (QED) is 0.612. The van der Waals surface area contributed by atoms with Gasteiger partial charge in [-0.2, -0.15) is 0 Å². The zero-order valence-electron chi connectivity index (χ0n) is 9.11. The molecule has 0 saturated carbocycles. The predicted octanol–water partition coefficient (Wildman–Crippen LogP) is 3.31. The Bertz CT molecular complexity index is 518. The monoisotopic (exact) mass is 245 g/mol. The molecule has 1 saturated heterocycles. The second kappa shape index (κ2) is 4.36. The van der Waals surface area contributed by atoms with E-state index in [0.717, 1.165) is 17.0 Å². The molecule has 0 bridgehead atoms. The second-order valence-electron chi connectivity index (χ2n) is 3.77. The Balaban J connectivity index is 1.85. The molecule has 3 nitrogen and oxygen atoms in total. The SMILES string of the molecule is POc1ccccc1C1ON1c1ccccc1. The first-order valence-corrected chi connectivity index (χ1v) is 5.84. The lowest BCUT2D eigenvalue weighted by molar-refractivity contribution is 0.398. The van der Waals surface area contributed by atoms with Crippen LogP contribution in [0.5, 0.6) is 5.75 Å². The molecule has 2 aromatic carbocycles. The minimum Gasteiger partial charge on any atom is -0.480 e. The molecule has 0 N–H and O–H groups in total. The minimum absolute atomic E-state index is 0.0471. The fraction of sp³-hybridized carbons (Fsp3) is 0.0769. The van der Waals surface area contributed by atoms with Crippen molar-refractivity contribution in [3.05, 3.63) is 60.2 Å². The van der Waals surface area contributed by atoms with Crippen molar-refractivity contribution < 1.29 is 9.36 Å². The first-order chi connectivity index (χ1) is 8.40. The molecule has 0 amide bonds. The third-order valence-corrected chi connectivity index (χ3v) is 2.96. The van der Waals surface area contributed by atoms with Gasteiger partial charge in [0, 0.05) is 5.56 Å². The van der Waals surface area contributed by atoms with Gasteiger partial charge in [0.25, 0.3) is 0 Å². The third kappa shape index (κ3) is 1.99. The van der Waals surface area contributed by atoms with Crippen LogP contribution in [0.4, 0.5) is 5.69 Å². The number of rotatable bonds is 3. The highest BCUT2D eigenvalue weighted by atomic mass is 31.0. The third-order valence-electron chi connectivity index (χ3n) is 2.70. The van der Waals surface area contributed by atoms with E-state index < -0.39 is 0 Å². The molecule has 4 heteroatoms. The number of anilines is 1. The van der Waals surface area contributed by atoms with Crippen LogP contribution >= 0.6 is 9.47 Å². The maximum absolute atomic E-state index is 5.58. The first kappa shape index (κ1) is 10.6. The zero-order chi connectivity index (χ0) is 11.7. The lowest BCUT2D eigenvalue weighted by atomic mass is 10.2. The van der Waals surface area contributed by atoms with Gasteiger partial charge in [-0.25, -0.2) is 9.90 Å². The van der Waals surface area contributed by atoms with E-state index in [1.165, 1.54) is 0 Å². The summed E-state index contributed by atoms with van der Waals surface area (Å²) in [6, 6.07) is 17.9. The van der Waals surface area contributed by atoms with Crippen LogP contribution in [0.2, 0.25) is 0 Å². The second-order valence-corrected chi connectivity index (χ2v) is 4.01. The van der Waals surface area contributed by atoms with Crippen molar-refractivity contribution in [2.24, 2.45) is 0 Å². The summed E-state index contributed by atoms with van der Waals surface area (Å²) in [7, 11) is 2.27. The molecule has 2 aromatic rings. The fourth-order valence-corrected chi connectivity index (χ4v) is 2.04. The van der Waals surface area contributed by atoms with Crippen molar-refractivity contribution >= 4 is 15.2 Å². The average Bonchev–Trinajstić information content (AvgIpc) is 3.20. The van der Waals surface area contributed by atoms with E-state index in [0.29, 0.717) is 0 Å². The van der Waals surface area contributed by atoms with Gasteiger partial charge in [-0.05, 0) is 18.2 Å². The molecule has 1 fully saturated rings. The number of nitrogens with zero attached hydrogens (tertiary/aromatic N) is 1. The Kier molecular flexibility index (Phi) is 2.71. The number of benzene rings is 2. The van der Waals surface area contributed by atoms with Gasteiger partial charge in [0.05, 0.1) is 15.2 Å². The summed E-state index contributed by atoms with van der Waals surface area (Å²) in [6.07, 6.45) is -0.0471. The Morgan fingerprint density at radius 2 is 1.71 bits per heavy atom. The van der Waals surface area contributed by atoms with Gasteiger partial charge in [0.2, 0.25) is 6.23 Å². The molecular formula is C13H12NO2P. The summed E-state index contributed by atoms with van der Waals surface area (Å²) in [4.78, 5) is 5.58. The van der Waals surface area contributed by atoms with E-state index in [-0.39, 0.29) is 6.23 Å². The van der Waals surface area contributed by atoms with Gasteiger partial charge in [-0.3, -0.25) is 0 Å². The molecule has 0 spiro atoms. The largest absolute Gasteiger partial charge is 0.480 e. The van der Waals surface area contributed by atoms with Crippen LogP contribution in [0.1, 0.15) is 11.8 Å². The van der Waals surface area contributed by atoms with E-state index in [2.05, 4.69) is 9.47 Å². The topological polar surface area (TPSA) is 24.8 Å². The molecule has 1 heterocycles. The maximum atomic E-state index is 5.58. The van der Waals surface area contributed by atoms with Gasteiger partial charge in [0.15, 0.2) is 0 Å². The van der Waals surface area contributed by atoms with Crippen molar-refractivity contribution in [3.8, 4) is 5.75 Å². The summed E-state index contributed by atoms with van der Waals surface area (Å²) in [5, 5.41) is 1.86. The van der Waals surface area contributed by atoms with Crippen LogP contribution in [-0.2, 0) is 4.84 Å². The Morgan fingerprint density at radius 3 is 2.47 bits per heavy atom. The summed E-state index contributed by atoms with van der Waals surface area (Å²) in [5.74, 6) is 0.820. The standard InChI is InChI=1S/C13H12NO2P/c17-16-12-9-5-4-8-11(12)13-14(15-13)10-6-2-1-3-7-10/h1-9,13H,17H2. The summed E-state index contributed by atoms with van der Waals surface area (Å²) >= 11 is 0. The van der Waals surface area contributed by atoms with E-state index in [9.17, 15) is 0 Å². The molecular weight excluding hydrogens is 233 g/mol. The Morgan fingerprint density at radius 1 is 1.00 bits per heavy atom. The molecule has 1 aliphatic heterocycles. The van der Waals surface area contributed by atoms with Crippen LogP contribution in [-0.4, -0.2) is 0 Å². The molecule has 86 valence electrons. The summed E-state index contributed by atoms with van der Waals surface area (Å²) < 4.78 is 5.24. The molecule has 0 radical (unpaired) electrons. The van der Waals surface area contributed by atoms with Crippen molar-refractivity contribution in [2.45, 2.75) is 6.23 Å². The first-order valence-electron chi connectivity index (χ1n) is 5.37. The number of hydroxylamine groups is 1. The summed E-state index contributed by atoms with van der Waals surface area (Å²) in [5.41, 5.74) is 2.09. The van der Waals surface area contributed by atoms with Crippen LogP contribution in [0.15, 0.2) is 54.6 Å². The van der Waals surface area contributed by atoms with Crippen molar-refractivity contribution in [3.63, 3.8) is 0 Å². The van der Waals surface area contributed by atoms with Gasteiger partial charge >= 0.3 is 0 Å². The highest BCUT2D eigenvalue weighted by Crippen LogP contribution is 2.44.